The molecule has 0 spiro atoms. The maximum atomic E-state index is 13.3. The Hall–Kier alpha value is -6.41. The number of anilines is 1. The van der Waals surface area contributed by atoms with Crippen molar-refractivity contribution in [2.24, 2.45) is 25.4 Å². The Morgan fingerprint density at radius 2 is 1.05 bits per heavy atom. The van der Waals surface area contributed by atoms with Crippen molar-refractivity contribution in [3.8, 4) is 23.0 Å². The number of carbonyl (C=O) groups is 1. The van der Waals surface area contributed by atoms with E-state index in [4.69, 9.17) is 32.7 Å². The molecule has 0 aliphatic carbocycles. The van der Waals surface area contributed by atoms with E-state index in [1.165, 1.54) is 64.5 Å². The van der Waals surface area contributed by atoms with Crippen molar-refractivity contribution < 1.29 is 55.5 Å². The molecule has 0 fully saturated rings. The van der Waals surface area contributed by atoms with Gasteiger partial charge in [0.15, 0.2) is 5.75 Å². The van der Waals surface area contributed by atoms with Gasteiger partial charge in [-0.25, -0.2) is 0 Å². The van der Waals surface area contributed by atoms with Gasteiger partial charge in [-0.05, 0) is 108 Å². The Bertz CT molecular complexity index is 3790. The van der Waals surface area contributed by atoms with Gasteiger partial charge in [-0.2, -0.15) is 21.9 Å². The van der Waals surface area contributed by atoms with E-state index in [-0.39, 0.29) is 110 Å². The van der Waals surface area contributed by atoms with Gasteiger partial charge < -0.3 is 30.1 Å². The van der Waals surface area contributed by atoms with E-state index in [1.54, 1.807) is 97.1 Å². The minimum Gasteiger partial charge on any atom is -0.871 e. The molecule has 0 bridgehead atoms. The number of benzene rings is 8. The summed E-state index contributed by atoms with van der Waals surface area (Å²) in [5.74, 6) is -1.87. The van der Waals surface area contributed by atoms with Gasteiger partial charge in [0.1, 0.15) is 44.0 Å². The summed E-state index contributed by atoms with van der Waals surface area (Å²) in [7, 11) is -6.48. The van der Waals surface area contributed by atoms with E-state index in [0.717, 1.165) is 0 Å². The molecule has 0 radical (unpaired) electrons. The minimum atomic E-state index is -4.70. The number of amides is 1. The van der Waals surface area contributed by atoms with Crippen LogP contribution in [-0.4, -0.2) is 106 Å². The molecule has 368 valence electrons. The van der Waals surface area contributed by atoms with E-state index >= 15 is 0 Å². The number of nitrogens with one attached hydrogen (secondary N) is 1. The van der Waals surface area contributed by atoms with E-state index in [9.17, 15) is 46.1 Å². The van der Waals surface area contributed by atoms with Gasteiger partial charge in [-0.3, -0.25) is 18.9 Å². The van der Waals surface area contributed by atoms with Crippen molar-refractivity contribution in [1.29, 1.82) is 0 Å². The van der Waals surface area contributed by atoms with Crippen LogP contribution in [0.2, 0.25) is 10.0 Å². The van der Waals surface area contributed by atoms with Crippen LogP contribution in [-0.2, 0) is 20.2 Å². The van der Waals surface area contributed by atoms with Gasteiger partial charge in [-0.15, -0.1) is 15.3 Å². The number of halogens is 2. The number of nitrogens with zero attached hydrogens (tertiary/aromatic N) is 5. The fourth-order valence-electron chi connectivity index (χ4n) is 7.31. The van der Waals surface area contributed by atoms with Crippen LogP contribution in [0.25, 0.3) is 21.5 Å². The fraction of sp³-hybridized carbons (Fsp3) is 0.0800. The van der Waals surface area contributed by atoms with E-state index in [1.807, 2.05) is 0 Å². The fourth-order valence-corrected chi connectivity index (χ4v) is 9.48. The van der Waals surface area contributed by atoms with Crippen molar-refractivity contribution in [1.82, 2.24) is 0 Å². The maximum absolute atomic E-state index is 13.3. The van der Waals surface area contributed by atoms with Crippen molar-refractivity contribution in [3.63, 3.8) is 0 Å². The Morgan fingerprint density at radius 3 is 1.59 bits per heavy atom. The first-order valence-corrected chi connectivity index (χ1v) is 24.5. The maximum Gasteiger partial charge on any atom is 2.00 e. The largest absolute Gasteiger partial charge is 2.00 e. The van der Waals surface area contributed by atoms with Gasteiger partial charge in [-0.1, -0.05) is 102 Å². The number of azo groups is 2. The van der Waals surface area contributed by atoms with Crippen LogP contribution in [0.4, 0.5) is 34.1 Å². The van der Waals surface area contributed by atoms with Crippen molar-refractivity contribution >= 4 is 160 Å². The molecule has 73 heavy (non-hydrogen) atoms. The van der Waals surface area contributed by atoms with Crippen LogP contribution < -0.4 is 25.0 Å². The molecule has 0 aliphatic heterocycles. The van der Waals surface area contributed by atoms with Crippen LogP contribution in [0, 0.1) is 13.8 Å². The second-order valence-electron chi connectivity index (χ2n) is 15.3. The summed E-state index contributed by atoms with van der Waals surface area (Å²) < 4.78 is 77.7. The van der Waals surface area contributed by atoms with E-state index in [0.29, 0.717) is 38.7 Å². The number of fused-ring (bicyclic) bond motifs is 2. The number of aromatic hydroxyl groups is 1. The quantitative estimate of drug-likeness (QED) is 0.0292. The number of phenols is 1. The molecule has 8 aromatic rings. The third kappa shape index (κ3) is 12.5. The second kappa shape index (κ2) is 23.6. The first-order chi connectivity index (χ1) is 34.2. The van der Waals surface area contributed by atoms with Crippen LogP contribution in [0.5, 0.6) is 23.0 Å². The molecule has 0 saturated carbocycles. The molecule has 0 unspecified atom stereocenters. The Morgan fingerprint density at radius 1 is 0.603 bits per heavy atom. The summed E-state index contributed by atoms with van der Waals surface area (Å²) in [4.78, 5) is 16.1. The zero-order valence-corrected chi connectivity index (χ0v) is 46.3. The van der Waals surface area contributed by atoms with Gasteiger partial charge in [0.25, 0.3) is 26.1 Å². The number of para-hydroxylation sites is 4. The van der Waals surface area contributed by atoms with Crippen LogP contribution in [0.3, 0.4) is 0 Å². The molecule has 0 heterocycles. The molecule has 18 nitrogen and oxygen atoms in total. The summed E-state index contributed by atoms with van der Waals surface area (Å²) in [5.41, 5.74) is -0.202. The number of rotatable bonds is 12. The van der Waals surface area contributed by atoms with Crippen molar-refractivity contribution in [2.75, 3.05) is 19.5 Å². The number of hydrogen-bond acceptors (Lipinski definition) is 15. The Labute approximate surface area is 468 Å². The summed E-state index contributed by atoms with van der Waals surface area (Å²) in [6.45, 7) is 2.82. The molecule has 1 amide bonds. The molecule has 8 aromatic carbocycles. The van der Waals surface area contributed by atoms with E-state index < -0.39 is 53.3 Å². The van der Waals surface area contributed by atoms with Crippen LogP contribution in [0.15, 0.2) is 169 Å². The molecule has 0 saturated heterocycles. The number of carbonyl (C=O) groups excluding carboxylic acids is 1. The number of phenolic OH excluding ortho intramolecular Hbond substituents is 1. The molecule has 4 N–H and O–H groups in total. The van der Waals surface area contributed by atoms with Gasteiger partial charge in [0.05, 0.1) is 31.2 Å². The molecule has 8 rings (SSSR count). The third-order valence-electron chi connectivity index (χ3n) is 10.8. The van der Waals surface area contributed by atoms with Gasteiger partial charge >= 0.3 is 48.9 Å². The molecule has 0 aromatic heterocycles. The molecule has 0 atom stereocenters. The topological polar surface area (TPSA) is 284 Å². The van der Waals surface area contributed by atoms with Crippen LogP contribution in [0.1, 0.15) is 27.0 Å². The third-order valence-corrected chi connectivity index (χ3v) is 13.7. The Kier molecular flexibility index (Phi) is 18.1. The zero-order valence-electron chi connectivity index (χ0n) is 38.7. The number of hydrogen-bond donors (Lipinski definition) is 4. The number of aliphatic imine (C=N–C) groups is 1. The number of ether oxygens (including phenoxy) is 2. The average Bonchev–Trinajstić information content (AvgIpc) is 3.34. The summed E-state index contributed by atoms with van der Waals surface area (Å²) >= 11 is 12.0. The number of methoxy groups -OCH3 is 2. The Balaban J connectivity index is 0.000000235. The van der Waals surface area contributed by atoms with Crippen molar-refractivity contribution in [2.45, 2.75) is 23.6 Å². The first kappa shape index (κ1) is 55.9. The summed E-state index contributed by atoms with van der Waals surface area (Å²) in [5, 5.41) is 58.3. The molecular weight excluding hydrogens is 1150 g/mol. The predicted molar refractivity (Wildman–Crippen MR) is 275 cm³/mol. The van der Waals surface area contributed by atoms with Crippen LogP contribution >= 0.6 is 23.2 Å². The SMILES string of the molecule is COc1ccccc1N=C([O-])c1cc2ccccc2c(N=Nc2ccc(Cl)c(C)c2S(=O)(=O)O)c1[O-].COc1ccccc1NC(=O)c1cc2ccccc2c(N=Nc2ccc(Cl)c(C)c2S(=O)(=O)O)c1O.[Ba+2]. The molecule has 23 heteroatoms. The predicted octanol–water partition coefficient (Wildman–Crippen LogP) is 11.0. The average molecular weight is 1190 g/mol. The zero-order chi connectivity index (χ0) is 52.1. The summed E-state index contributed by atoms with van der Waals surface area (Å²) in [6.07, 6.45) is 0. The standard InChI is InChI=1S/2C25H20ClN3O6S.Ba/c2*1-14-18(26)11-12-20(24(14)36(32,33)34)28-29-22-16-8-4-3-7-15(16)13-17(23(22)30)25(31)27-19-9-5-6-10-21(19)35-2;/h2*3-13,30H,1-2H3,(H,27,31)(H,32,33,34);/q;;+2/p-2. The molecular formula is C50H38BaCl2N6O12S2. The van der Waals surface area contributed by atoms with E-state index in [2.05, 4.69) is 30.8 Å². The molecule has 0 aliphatic rings. The van der Waals surface area contributed by atoms with Gasteiger partial charge in [0.2, 0.25) is 0 Å². The van der Waals surface area contributed by atoms with Crippen molar-refractivity contribution in [3.05, 3.63) is 166 Å². The minimum absolute atomic E-state index is 0. The normalized spacial score (nSPS) is 11.9. The smallest absolute Gasteiger partial charge is 0.871 e. The first-order valence-electron chi connectivity index (χ1n) is 20.9. The monoisotopic (exact) mass is 1190 g/mol. The second-order valence-corrected chi connectivity index (χ2v) is 18.8. The summed E-state index contributed by atoms with van der Waals surface area (Å²) in [6, 6.07) is 35.2. The van der Waals surface area contributed by atoms with Gasteiger partial charge in [0, 0.05) is 20.8 Å².